The van der Waals surface area contributed by atoms with E-state index in [1.54, 1.807) is 0 Å². The van der Waals surface area contributed by atoms with Gasteiger partial charge in [-0.2, -0.15) is 0 Å². The van der Waals surface area contributed by atoms with Crippen molar-refractivity contribution in [1.29, 1.82) is 0 Å². The molecule has 0 amide bonds. The molecule has 0 unspecified atom stereocenters. The summed E-state index contributed by atoms with van der Waals surface area (Å²) < 4.78 is 6.03. The van der Waals surface area contributed by atoms with Crippen molar-refractivity contribution in [3.05, 3.63) is 13.7 Å². The third-order valence-electron chi connectivity index (χ3n) is 0.903. The molecule has 1 aromatic heterocycles. The molecule has 0 bridgehead atoms. The summed E-state index contributed by atoms with van der Waals surface area (Å²) in [5.74, 6) is 0. The molecule has 0 fully saturated rings. The highest BCUT2D eigenvalue weighted by molar-refractivity contribution is 9.14. The van der Waals surface area contributed by atoms with Crippen LogP contribution in [0.5, 0.6) is 0 Å². The fourth-order valence-corrected chi connectivity index (χ4v) is 1.68. The third kappa shape index (κ3) is 2.22. The predicted molar refractivity (Wildman–Crippen MR) is 52.1 cm³/mol. The molecule has 1 heterocycles. The lowest BCUT2D eigenvalue weighted by Crippen LogP contribution is -2.30. The number of rotatable bonds is 2. The van der Waals surface area contributed by atoms with Crippen LogP contribution in [0.25, 0.3) is 0 Å². The van der Waals surface area contributed by atoms with Gasteiger partial charge in [-0.15, -0.1) is 9.94 Å². The summed E-state index contributed by atoms with van der Waals surface area (Å²) in [4.78, 5) is 0.929. The monoisotopic (exact) mass is 362 g/mol. The Kier molecular flexibility index (Phi) is 3.59. The molecular formula is C3H2BBr3N2O3. The molecule has 2 N–H and O–H groups in total. The average molecular weight is 365 g/mol. The summed E-state index contributed by atoms with van der Waals surface area (Å²) >= 11 is 9.38. The zero-order valence-electron chi connectivity index (χ0n) is 5.41. The minimum atomic E-state index is -1.90. The standard InChI is InChI=1S/C3H2BBr3N2O3/c5-1-2(6)8-9(3(1)7)12-4(10)11/h10-11H. The Morgan fingerprint density at radius 3 is 2.25 bits per heavy atom. The van der Waals surface area contributed by atoms with E-state index in [2.05, 4.69) is 57.6 Å². The summed E-state index contributed by atoms with van der Waals surface area (Å²) in [6.07, 6.45) is 0. The second-order valence-electron chi connectivity index (χ2n) is 1.70. The van der Waals surface area contributed by atoms with E-state index in [1.807, 2.05) is 0 Å². The lowest BCUT2D eigenvalue weighted by Gasteiger charge is -2.02. The molecule has 0 aliphatic carbocycles. The number of halogens is 3. The highest BCUT2D eigenvalue weighted by atomic mass is 79.9. The van der Waals surface area contributed by atoms with E-state index in [1.165, 1.54) is 0 Å². The van der Waals surface area contributed by atoms with Crippen LogP contribution in [0, 0.1) is 0 Å². The highest BCUT2D eigenvalue weighted by Crippen LogP contribution is 2.29. The smallest absolute Gasteiger partial charge is 0.404 e. The summed E-state index contributed by atoms with van der Waals surface area (Å²) in [6.45, 7) is 0. The van der Waals surface area contributed by atoms with E-state index in [0.29, 0.717) is 13.7 Å². The molecule has 66 valence electrons. The van der Waals surface area contributed by atoms with Gasteiger partial charge in [-0.05, 0) is 47.8 Å². The Labute approximate surface area is 93.2 Å². The van der Waals surface area contributed by atoms with Gasteiger partial charge in [-0.3, -0.25) is 0 Å². The molecule has 0 saturated carbocycles. The van der Waals surface area contributed by atoms with Crippen molar-refractivity contribution in [2.24, 2.45) is 0 Å². The number of nitrogens with zero attached hydrogens (tertiary/aromatic N) is 2. The van der Waals surface area contributed by atoms with Crippen molar-refractivity contribution >= 4 is 55.1 Å². The number of hydrogen-bond acceptors (Lipinski definition) is 4. The molecule has 9 heteroatoms. The molecule has 0 saturated heterocycles. The quantitative estimate of drug-likeness (QED) is 0.753. The van der Waals surface area contributed by atoms with E-state index in [-0.39, 0.29) is 0 Å². The molecule has 0 aromatic carbocycles. The van der Waals surface area contributed by atoms with Crippen LogP contribution in [0.4, 0.5) is 0 Å². The molecule has 12 heavy (non-hydrogen) atoms. The lowest BCUT2D eigenvalue weighted by molar-refractivity contribution is 0.136. The van der Waals surface area contributed by atoms with Crippen molar-refractivity contribution in [2.75, 3.05) is 0 Å². The van der Waals surface area contributed by atoms with Crippen molar-refractivity contribution in [3.8, 4) is 0 Å². The van der Waals surface area contributed by atoms with Crippen molar-refractivity contribution < 1.29 is 14.8 Å². The Morgan fingerprint density at radius 2 is 1.92 bits per heavy atom. The molecule has 0 aliphatic rings. The zero-order valence-corrected chi connectivity index (χ0v) is 10.2. The first-order chi connectivity index (χ1) is 5.52. The Morgan fingerprint density at radius 1 is 1.33 bits per heavy atom. The molecule has 0 radical (unpaired) electrons. The molecule has 5 nitrogen and oxygen atoms in total. The maximum absolute atomic E-state index is 8.45. The summed E-state index contributed by atoms with van der Waals surface area (Å²) in [5, 5.41) is 20.7. The first-order valence-electron chi connectivity index (χ1n) is 2.65. The first kappa shape index (κ1) is 10.5. The van der Waals surface area contributed by atoms with Gasteiger partial charge in [0, 0.05) is 0 Å². The largest absolute Gasteiger partial charge is 0.729 e. The fourth-order valence-electron chi connectivity index (χ4n) is 0.496. The Hall–Kier alpha value is 0.435. The van der Waals surface area contributed by atoms with Crippen LogP contribution in [0.1, 0.15) is 0 Å². The molecule has 1 aromatic rings. The van der Waals surface area contributed by atoms with Crippen LogP contribution in [-0.2, 0) is 0 Å². The van der Waals surface area contributed by atoms with E-state index >= 15 is 0 Å². The lowest BCUT2D eigenvalue weighted by atomic mass is 10.3. The summed E-state index contributed by atoms with van der Waals surface area (Å²) in [7, 11) is -1.90. The van der Waals surface area contributed by atoms with Gasteiger partial charge in [0.1, 0.15) is 4.60 Å². The van der Waals surface area contributed by atoms with Crippen LogP contribution < -0.4 is 4.76 Å². The third-order valence-corrected chi connectivity index (χ3v) is 3.97. The van der Waals surface area contributed by atoms with Crippen molar-refractivity contribution in [3.63, 3.8) is 0 Å². The van der Waals surface area contributed by atoms with Crippen LogP contribution in [-0.4, -0.2) is 27.3 Å². The van der Waals surface area contributed by atoms with Gasteiger partial charge in [0.2, 0.25) is 0 Å². The van der Waals surface area contributed by atoms with Gasteiger partial charge in [-0.25, -0.2) is 0 Å². The van der Waals surface area contributed by atoms with Gasteiger partial charge in [-0.1, -0.05) is 0 Å². The maximum atomic E-state index is 8.45. The number of aromatic nitrogens is 2. The fraction of sp³-hybridized carbons (Fsp3) is 0. The minimum absolute atomic E-state index is 0.447. The van der Waals surface area contributed by atoms with Crippen LogP contribution >= 0.6 is 47.8 Å². The van der Waals surface area contributed by atoms with Crippen LogP contribution in [0.3, 0.4) is 0 Å². The van der Waals surface area contributed by atoms with Gasteiger partial charge in [0.25, 0.3) is 0 Å². The highest BCUT2D eigenvalue weighted by Gasteiger charge is 2.18. The van der Waals surface area contributed by atoms with E-state index in [9.17, 15) is 0 Å². The molecule has 0 spiro atoms. The SMILES string of the molecule is OB(O)On1nc(Br)c(Br)c1Br. The summed E-state index contributed by atoms with van der Waals surface area (Å²) in [6, 6.07) is 0. The van der Waals surface area contributed by atoms with Crippen LogP contribution in [0.2, 0.25) is 0 Å². The molecule has 1 rings (SSSR count). The molecule has 0 aliphatic heterocycles. The van der Waals surface area contributed by atoms with Gasteiger partial charge in [0.05, 0.1) is 4.47 Å². The van der Waals surface area contributed by atoms with E-state index in [4.69, 9.17) is 10.0 Å². The van der Waals surface area contributed by atoms with Crippen LogP contribution in [0.15, 0.2) is 13.7 Å². The topological polar surface area (TPSA) is 67.5 Å². The van der Waals surface area contributed by atoms with E-state index < -0.39 is 7.32 Å². The van der Waals surface area contributed by atoms with E-state index in [0.717, 1.165) is 4.85 Å². The van der Waals surface area contributed by atoms with Crippen molar-refractivity contribution in [2.45, 2.75) is 0 Å². The number of hydrogen-bond donors (Lipinski definition) is 2. The average Bonchev–Trinajstić information content (AvgIpc) is 2.17. The Bertz CT molecular complexity index is 291. The predicted octanol–water partition coefficient (Wildman–Crippen LogP) is 0.569. The van der Waals surface area contributed by atoms with Gasteiger partial charge < -0.3 is 14.8 Å². The minimum Gasteiger partial charge on any atom is -0.404 e. The molecule has 0 atom stereocenters. The summed E-state index contributed by atoms with van der Waals surface area (Å²) in [5.41, 5.74) is 0. The second-order valence-corrected chi connectivity index (χ2v) is 4.00. The van der Waals surface area contributed by atoms with Gasteiger partial charge >= 0.3 is 7.32 Å². The maximum Gasteiger partial charge on any atom is 0.729 e. The zero-order chi connectivity index (χ0) is 9.30. The first-order valence-corrected chi connectivity index (χ1v) is 5.03. The normalized spacial score (nSPS) is 10.1. The Balaban J connectivity index is 2.93. The molecular weight excluding hydrogens is 363 g/mol. The van der Waals surface area contributed by atoms with Gasteiger partial charge in [0.15, 0.2) is 4.60 Å². The van der Waals surface area contributed by atoms with Crippen molar-refractivity contribution in [1.82, 2.24) is 9.94 Å². The second kappa shape index (κ2) is 4.10.